The van der Waals surface area contributed by atoms with Crippen LogP contribution in [0.15, 0.2) is 63.5 Å². The maximum atomic E-state index is 13.0. The second-order valence-corrected chi connectivity index (χ2v) is 9.43. The Morgan fingerprint density at radius 2 is 1.94 bits per heavy atom. The summed E-state index contributed by atoms with van der Waals surface area (Å²) >= 11 is 3.65. The Balaban J connectivity index is 1.77. The van der Waals surface area contributed by atoms with Crippen LogP contribution in [-0.2, 0) is 11.4 Å². The molecule has 4 rings (SSSR count). The minimum absolute atomic E-state index is 0.0622. The molecule has 1 atom stereocenters. The molecule has 2 N–H and O–H groups in total. The molecule has 0 saturated heterocycles. The highest BCUT2D eigenvalue weighted by molar-refractivity contribution is 9.10. The molecule has 0 aromatic heterocycles. The van der Waals surface area contributed by atoms with Crippen molar-refractivity contribution >= 4 is 21.7 Å². The first kappa shape index (κ1) is 23.9. The van der Waals surface area contributed by atoms with Crippen LogP contribution >= 0.6 is 15.9 Å². The number of carbonyl (C=O) groups excluding carboxylic acids is 1. The molecule has 34 heavy (non-hydrogen) atoms. The van der Waals surface area contributed by atoms with Crippen molar-refractivity contribution in [3.63, 3.8) is 0 Å². The second-order valence-electron chi connectivity index (χ2n) is 8.58. The number of rotatable bonds is 6. The minimum atomic E-state index is -0.536. The van der Waals surface area contributed by atoms with E-state index < -0.39 is 5.92 Å². The topological polar surface area (TPSA) is 88.6 Å². The van der Waals surface area contributed by atoms with Crippen molar-refractivity contribution in [1.29, 1.82) is 5.26 Å². The summed E-state index contributed by atoms with van der Waals surface area (Å²) < 4.78 is 12.8. The van der Waals surface area contributed by atoms with Crippen LogP contribution in [0.1, 0.15) is 48.8 Å². The molecule has 7 heteroatoms. The lowest BCUT2D eigenvalue weighted by Gasteiger charge is -2.37. The predicted octanol–water partition coefficient (Wildman–Crippen LogP) is 5.47. The van der Waals surface area contributed by atoms with Gasteiger partial charge in [0.2, 0.25) is 0 Å². The molecular weight excluding hydrogens is 494 g/mol. The van der Waals surface area contributed by atoms with E-state index in [4.69, 9.17) is 15.2 Å². The fourth-order valence-electron chi connectivity index (χ4n) is 4.59. The standard InChI is InChI=1S/C27H28BrN3O3/c1-4-33-23-13-18(12-20(28)26(23)34-15-17-10-8-16(2)9-11-17)24-19(14-29)27(30)31(3)21-6-5-7-22(32)25(21)24/h8-13,24H,4-7,15,30H2,1-3H3/t24-/m1/s1. The number of carbonyl (C=O) groups is 1. The van der Waals surface area contributed by atoms with Gasteiger partial charge in [-0.05, 0) is 65.9 Å². The average Bonchev–Trinajstić information content (AvgIpc) is 2.82. The summed E-state index contributed by atoms with van der Waals surface area (Å²) in [6.07, 6.45) is 2.01. The molecule has 2 aromatic rings. The van der Waals surface area contributed by atoms with Gasteiger partial charge in [-0.2, -0.15) is 5.26 Å². The zero-order chi connectivity index (χ0) is 24.4. The van der Waals surface area contributed by atoms with Gasteiger partial charge in [-0.25, -0.2) is 0 Å². The van der Waals surface area contributed by atoms with Crippen molar-refractivity contribution in [2.45, 2.75) is 45.6 Å². The highest BCUT2D eigenvalue weighted by atomic mass is 79.9. The molecular formula is C27H28BrN3O3. The lowest BCUT2D eigenvalue weighted by atomic mass is 9.76. The first-order valence-electron chi connectivity index (χ1n) is 11.4. The van der Waals surface area contributed by atoms with Crippen molar-refractivity contribution in [2.24, 2.45) is 5.73 Å². The van der Waals surface area contributed by atoms with Crippen molar-refractivity contribution in [3.8, 4) is 17.6 Å². The summed E-state index contributed by atoms with van der Waals surface area (Å²) in [5, 5.41) is 10.00. The molecule has 6 nitrogen and oxygen atoms in total. The lowest BCUT2D eigenvalue weighted by Crippen LogP contribution is -2.36. The summed E-state index contributed by atoms with van der Waals surface area (Å²) in [6.45, 7) is 4.78. The van der Waals surface area contributed by atoms with Crippen molar-refractivity contribution < 1.29 is 14.3 Å². The number of hydrogen-bond donors (Lipinski definition) is 1. The lowest BCUT2D eigenvalue weighted by molar-refractivity contribution is -0.116. The molecule has 2 aliphatic rings. The molecule has 0 radical (unpaired) electrons. The summed E-state index contributed by atoms with van der Waals surface area (Å²) in [7, 11) is 1.82. The van der Waals surface area contributed by atoms with Crippen LogP contribution in [0.2, 0.25) is 0 Å². The van der Waals surface area contributed by atoms with E-state index in [9.17, 15) is 10.1 Å². The first-order valence-corrected chi connectivity index (χ1v) is 12.2. The van der Waals surface area contributed by atoms with Gasteiger partial charge in [0.1, 0.15) is 12.4 Å². The van der Waals surface area contributed by atoms with Gasteiger partial charge in [0, 0.05) is 24.7 Å². The Morgan fingerprint density at radius 1 is 1.21 bits per heavy atom. The van der Waals surface area contributed by atoms with E-state index >= 15 is 0 Å². The summed E-state index contributed by atoms with van der Waals surface area (Å²) in [6, 6.07) is 14.2. The number of nitriles is 1. The van der Waals surface area contributed by atoms with Gasteiger partial charge in [0.15, 0.2) is 17.3 Å². The summed E-state index contributed by atoms with van der Waals surface area (Å²) in [5.74, 6) is 1.05. The number of ether oxygens (including phenoxy) is 2. The molecule has 0 unspecified atom stereocenters. The van der Waals surface area contributed by atoms with E-state index in [-0.39, 0.29) is 5.78 Å². The van der Waals surface area contributed by atoms with E-state index in [0.29, 0.717) is 52.6 Å². The third-order valence-corrected chi connectivity index (χ3v) is 6.93. The van der Waals surface area contributed by atoms with Crippen LogP contribution < -0.4 is 15.2 Å². The van der Waals surface area contributed by atoms with E-state index in [1.807, 2.05) is 57.3 Å². The Kier molecular flexibility index (Phi) is 6.99. The Morgan fingerprint density at radius 3 is 2.62 bits per heavy atom. The quantitative estimate of drug-likeness (QED) is 0.542. The highest BCUT2D eigenvalue weighted by Gasteiger charge is 2.39. The van der Waals surface area contributed by atoms with Crippen LogP contribution in [0.25, 0.3) is 0 Å². The number of Topliss-reactive ketones (excluding diaryl/α,β-unsaturated/α-hetero) is 1. The molecule has 176 valence electrons. The largest absolute Gasteiger partial charge is 0.490 e. The fourth-order valence-corrected chi connectivity index (χ4v) is 5.17. The van der Waals surface area contributed by atoms with Crippen LogP contribution in [-0.4, -0.2) is 24.3 Å². The highest BCUT2D eigenvalue weighted by Crippen LogP contribution is 2.47. The molecule has 0 bridgehead atoms. The van der Waals surface area contributed by atoms with E-state index in [0.717, 1.165) is 29.7 Å². The molecule has 0 spiro atoms. The maximum Gasteiger partial charge on any atom is 0.175 e. The number of nitrogens with zero attached hydrogens (tertiary/aromatic N) is 2. The first-order chi connectivity index (χ1) is 16.3. The Bertz CT molecular complexity index is 1220. The molecule has 1 aliphatic heterocycles. The van der Waals surface area contributed by atoms with Crippen molar-refractivity contribution in [1.82, 2.24) is 4.90 Å². The minimum Gasteiger partial charge on any atom is -0.490 e. The summed E-state index contributed by atoms with van der Waals surface area (Å²) in [5.41, 5.74) is 11.3. The number of halogens is 1. The van der Waals surface area contributed by atoms with Crippen LogP contribution in [0, 0.1) is 18.3 Å². The molecule has 2 aromatic carbocycles. The Hall–Kier alpha value is -3.24. The third-order valence-electron chi connectivity index (χ3n) is 6.34. The van der Waals surface area contributed by atoms with Crippen molar-refractivity contribution in [3.05, 3.63) is 80.2 Å². The van der Waals surface area contributed by atoms with Crippen LogP contribution in [0.3, 0.4) is 0 Å². The maximum absolute atomic E-state index is 13.0. The van der Waals surface area contributed by atoms with Gasteiger partial charge in [-0.1, -0.05) is 29.8 Å². The zero-order valence-corrected chi connectivity index (χ0v) is 21.2. The number of ketones is 1. The number of aryl methyl sites for hydroxylation is 1. The van der Waals surface area contributed by atoms with Gasteiger partial charge >= 0.3 is 0 Å². The van der Waals surface area contributed by atoms with Gasteiger partial charge < -0.3 is 20.1 Å². The molecule has 1 aliphatic carbocycles. The van der Waals surface area contributed by atoms with E-state index in [1.165, 1.54) is 5.56 Å². The third kappa shape index (κ3) is 4.43. The molecule has 1 heterocycles. The van der Waals surface area contributed by atoms with Gasteiger partial charge in [-0.15, -0.1) is 0 Å². The SMILES string of the molecule is CCOc1cc([C@@H]2C(C#N)=C(N)N(C)C3=C2C(=O)CCC3)cc(Br)c1OCc1ccc(C)cc1. The van der Waals surface area contributed by atoms with Crippen molar-refractivity contribution in [2.75, 3.05) is 13.7 Å². The number of nitrogens with two attached hydrogens (primary N) is 1. The number of allylic oxidation sites excluding steroid dienone is 3. The normalized spacial score (nSPS) is 18.0. The van der Waals surface area contributed by atoms with Gasteiger partial charge in [-0.3, -0.25) is 4.79 Å². The Labute approximate surface area is 208 Å². The van der Waals surface area contributed by atoms with Gasteiger partial charge in [0.25, 0.3) is 0 Å². The van der Waals surface area contributed by atoms with E-state index in [2.05, 4.69) is 22.0 Å². The zero-order valence-electron chi connectivity index (χ0n) is 19.7. The fraction of sp³-hybridized carbons (Fsp3) is 0.333. The van der Waals surface area contributed by atoms with Gasteiger partial charge in [0.05, 0.1) is 28.6 Å². The van der Waals surface area contributed by atoms with Crippen LogP contribution in [0.5, 0.6) is 11.5 Å². The molecule has 0 saturated carbocycles. The number of hydrogen-bond acceptors (Lipinski definition) is 6. The average molecular weight is 522 g/mol. The monoisotopic (exact) mass is 521 g/mol. The predicted molar refractivity (Wildman–Crippen MR) is 134 cm³/mol. The number of benzene rings is 2. The molecule has 0 fully saturated rings. The second kappa shape index (κ2) is 9.94. The summed E-state index contributed by atoms with van der Waals surface area (Å²) in [4.78, 5) is 14.8. The molecule has 0 amide bonds. The smallest absolute Gasteiger partial charge is 0.175 e. The van der Waals surface area contributed by atoms with Crippen LogP contribution in [0.4, 0.5) is 0 Å². The van der Waals surface area contributed by atoms with E-state index in [1.54, 1.807) is 4.90 Å².